The number of aromatic amines is 1. The fourth-order valence-electron chi connectivity index (χ4n) is 2.21. The predicted molar refractivity (Wildman–Crippen MR) is 68.3 cm³/mol. The van der Waals surface area contributed by atoms with E-state index in [9.17, 15) is 4.79 Å². The fraction of sp³-hybridized carbons (Fsp3) is 0.667. The number of ether oxygens (including phenoxy) is 1. The van der Waals surface area contributed by atoms with Gasteiger partial charge in [-0.3, -0.25) is 9.89 Å². The smallest absolute Gasteiger partial charge is 0.276 e. The van der Waals surface area contributed by atoms with Gasteiger partial charge < -0.3 is 15.4 Å². The van der Waals surface area contributed by atoms with E-state index in [1.165, 1.54) is 0 Å². The summed E-state index contributed by atoms with van der Waals surface area (Å²) >= 11 is 0. The van der Waals surface area contributed by atoms with Gasteiger partial charge in [-0.1, -0.05) is 0 Å². The summed E-state index contributed by atoms with van der Waals surface area (Å²) < 4.78 is 5.56. The molecule has 6 nitrogen and oxygen atoms in total. The van der Waals surface area contributed by atoms with Crippen molar-refractivity contribution >= 4 is 11.6 Å². The van der Waals surface area contributed by atoms with Crippen LogP contribution in [0.5, 0.6) is 0 Å². The van der Waals surface area contributed by atoms with Gasteiger partial charge in [-0.2, -0.15) is 5.10 Å². The third-order valence-electron chi connectivity index (χ3n) is 3.33. The van der Waals surface area contributed by atoms with E-state index in [1.54, 1.807) is 11.8 Å². The summed E-state index contributed by atoms with van der Waals surface area (Å²) in [6.45, 7) is 5.93. The Kier molecular flexibility index (Phi) is 3.86. The average Bonchev–Trinajstić information content (AvgIpc) is 2.71. The number of nitrogen functional groups attached to an aromatic ring is 1. The molecule has 0 aliphatic carbocycles. The maximum Gasteiger partial charge on any atom is 0.276 e. The Bertz CT molecular complexity index is 422. The third kappa shape index (κ3) is 2.48. The van der Waals surface area contributed by atoms with Crippen LogP contribution < -0.4 is 5.73 Å². The van der Waals surface area contributed by atoms with Crippen LogP contribution in [0.3, 0.4) is 0 Å². The van der Waals surface area contributed by atoms with Gasteiger partial charge in [0.2, 0.25) is 0 Å². The first kappa shape index (κ1) is 12.9. The van der Waals surface area contributed by atoms with Gasteiger partial charge in [0, 0.05) is 19.7 Å². The first-order chi connectivity index (χ1) is 8.63. The lowest BCUT2D eigenvalue weighted by Crippen LogP contribution is -2.41. The Hall–Kier alpha value is -1.56. The number of H-pyrrole nitrogens is 1. The van der Waals surface area contributed by atoms with Crippen molar-refractivity contribution in [3.8, 4) is 0 Å². The average molecular weight is 252 g/mol. The van der Waals surface area contributed by atoms with E-state index in [1.807, 2.05) is 6.92 Å². The summed E-state index contributed by atoms with van der Waals surface area (Å²) in [4.78, 5) is 14.0. The molecule has 0 atom stereocenters. The molecule has 1 aliphatic rings. The third-order valence-corrected chi connectivity index (χ3v) is 3.33. The van der Waals surface area contributed by atoms with Crippen molar-refractivity contribution in [1.29, 1.82) is 0 Å². The molecule has 0 spiro atoms. The monoisotopic (exact) mass is 252 g/mol. The van der Waals surface area contributed by atoms with Crippen LogP contribution in [0.1, 0.15) is 35.9 Å². The van der Waals surface area contributed by atoms with E-state index >= 15 is 0 Å². The predicted octanol–water partition coefficient (Wildman–Crippen LogP) is 0.941. The topological polar surface area (TPSA) is 84.2 Å². The molecule has 0 aromatic carbocycles. The number of carbonyl (C=O) groups excluding carboxylic acids is 1. The number of rotatable bonds is 3. The summed E-state index contributed by atoms with van der Waals surface area (Å²) in [6, 6.07) is 0. The second-order valence-corrected chi connectivity index (χ2v) is 4.56. The second kappa shape index (κ2) is 5.39. The standard InChI is InChI=1S/C12H20N4O2/c1-3-18-9-4-6-16(7-5-9)12(17)11-10(13)8(2)14-15-11/h9H,3-7,13H2,1-2H3,(H,14,15). The highest BCUT2D eigenvalue weighted by Crippen LogP contribution is 2.19. The largest absolute Gasteiger partial charge is 0.395 e. The van der Waals surface area contributed by atoms with E-state index in [0.29, 0.717) is 24.5 Å². The van der Waals surface area contributed by atoms with Crippen LogP contribution in [0, 0.1) is 6.92 Å². The molecular weight excluding hydrogens is 232 g/mol. The highest BCUT2D eigenvalue weighted by molar-refractivity contribution is 5.97. The number of piperidine rings is 1. The lowest BCUT2D eigenvalue weighted by Gasteiger charge is -2.31. The van der Waals surface area contributed by atoms with E-state index in [0.717, 1.165) is 25.1 Å². The number of amides is 1. The Labute approximate surface area is 106 Å². The number of nitrogens with one attached hydrogen (secondary N) is 1. The molecule has 1 aliphatic heterocycles. The van der Waals surface area contributed by atoms with Gasteiger partial charge in [0.1, 0.15) is 0 Å². The molecule has 2 rings (SSSR count). The van der Waals surface area contributed by atoms with Crippen LogP contribution >= 0.6 is 0 Å². The molecule has 1 aromatic heterocycles. The van der Waals surface area contributed by atoms with Crippen molar-refractivity contribution < 1.29 is 9.53 Å². The second-order valence-electron chi connectivity index (χ2n) is 4.56. The molecule has 0 radical (unpaired) electrons. The van der Waals surface area contributed by atoms with Crippen molar-refractivity contribution in [2.24, 2.45) is 0 Å². The van der Waals surface area contributed by atoms with E-state index in [2.05, 4.69) is 10.2 Å². The molecule has 3 N–H and O–H groups in total. The van der Waals surface area contributed by atoms with Crippen LogP contribution in [0.2, 0.25) is 0 Å². The van der Waals surface area contributed by atoms with E-state index < -0.39 is 0 Å². The molecule has 0 saturated carbocycles. The van der Waals surface area contributed by atoms with Gasteiger partial charge in [0.15, 0.2) is 5.69 Å². The molecular formula is C12H20N4O2. The summed E-state index contributed by atoms with van der Waals surface area (Å²) in [5.74, 6) is -0.0909. The molecule has 100 valence electrons. The number of nitrogens with two attached hydrogens (primary N) is 1. The summed E-state index contributed by atoms with van der Waals surface area (Å²) in [7, 11) is 0. The minimum atomic E-state index is -0.0909. The number of nitrogens with zero attached hydrogens (tertiary/aromatic N) is 2. The van der Waals surface area contributed by atoms with Crippen molar-refractivity contribution in [2.75, 3.05) is 25.4 Å². The number of anilines is 1. The minimum Gasteiger partial charge on any atom is -0.395 e. The van der Waals surface area contributed by atoms with Crippen molar-refractivity contribution in [3.63, 3.8) is 0 Å². The summed E-state index contributed by atoms with van der Waals surface area (Å²) in [5.41, 5.74) is 7.34. The molecule has 1 amide bonds. The zero-order chi connectivity index (χ0) is 13.1. The number of likely N-dealkylation sites (tertiary alicyclic amines) is 1. The van der Waals surface area contributed by atoms with Crippen LogP contribution in [0.4, 0.5) is 5.69 Å². The zero-order valence-corrected chi connectivity index (χ0v) is 10.9. The Balaban J connectivity index is 1.97. The molecule has 1 saturated heterocycles. The van der Waals surface area contributed by atoms with Crippen molar-refractivity contribution in [3.05, 3.63) is 11.4 Å². The van der Waals surface area contributed by atoms with Crippen molar-refractivity contribution in [1.82, 2.24) is 15.1 Å². The molecule has 0 unspecified atom stereocenters. The molecule has 0 bridgehead atoms. The number of carbonyl (C=O) groups is 1. The molecule has 18 heavy (non-hydrogen) atoms. The van der Waals surface area contributed by atoms with Crippen LogP contribution in [-0.2, 0) is 4.74 Å². The highest BCUT2D eigenvalue weighted by Gasteiger charge is 2.26. The number of aromatic nitrogens is 2. The van der Waals surface area contributed by atoms with Gasteiger partial charge in [-0.15, -0.1) is 0 Å². The van der Waals surface area contributed by atoms with E-state index in [4.69, 9.17) is 10.5 Å². The molecule has 1 fully saturated rings. The Morgan fingerprint density at radius 2 is 2.22 bits per heavy atom. The van der Waals surface area contributed by atoms with Crippen molar-refractivity contribution in [2.45, 2.75) is 32.8 Å². The maximum absolute atomic E-state index is 12.2. The lowest BCUT2D eigenvalue weighted by molar-refractivity contribution is 0.0144. The van der Waals surface area contributed by atoms with Crippen LogP contribution in [0.25, 0.3) is 0 Å². The normalized spacial score (nSPS) is 17.1. The minimum absolute atomic E-state index is 0.0909. The number of hydrogen-bond acceptors (Lipinski definition) is 4. The first-order valence-electron chi connectivity index (χ1n) is 6.34. The molecule has 1 aromatic rings. The summed E-state index contributed by atoms with van der Waals surface area (Å²) in [6.07, 6.45) is 2.03. The first-order valence-corrected chi connectivity index (χ1v) is 6.34. The van der Waals surface area contributed by atoms with Crippen LogP contribution in [-0.4, -0.2) is 46.8 Å². The number of aryl methyl sites for hydroxylation is 1. The zero-order valence-electron chi connectivity index (χ0n) is 10.9. The van der Waals surface area contributed by atoms with Gasteiger partial charge in [0.25, 0.3) is 5.91 Å². The maximum atomic E-state index is 12.2. The highest BCUT2D eigenvalue weighted by atomic mass is 16.5. The van der Waals surface area contributed by atoms with Gasteiger partial charge in [-0.05, 0) is 26.7 Å². The number of hydrogen-bond donors (Lipinski definition) is 2. The van der Waals surface area contributed by atoms with Gasteiger partial charge in [0.05, 0.1) is 17.5 Å². The van der Waals surface area contributed by atoms with E-state index in [-0.39, 0.29) is 12.0 Å². The molecule has 2 heterocycles. The summed E-state index contributed by atoms with van der Waals surface area (Å²) in [5, 5.41) is 6.71. The van der Waals surface area contributed by atoms with Crippen LogP contribution in [0.15, 0.2) is 0 Å². The van der Waals surface area contributed by atoms with Gasteiger partial charge >= 0.3 is 0 Å². The van der Waals surface area contributed by atoms with Gasteiger partial charge in [-0.25, -0.2) is 0 Å². The quantitative estimate of drug-likeness (QED) is 0.838. The molecule has 6 heteroatoms. The lowest BCUT2D eigenvalue weighted by atomic mass is 10.1. The Morgan fingerprint density at radius 3 is 2.72 bits per heavy atom. The SMILES string of the molecule is CCOC1CCN(C(=O)c2n[nH]c(C)c2N)CC1. The fourth-order valence-corrected chi connectivity index (χ4v) is 2.21. The Morgan fingerprint density at radius 1 is 1.56 bits per heavy atom.